The predicted octanol–water partition coefficient (Wildman–Crippen LogP) is 4.85. The highest BCUT2D eigenvalue weighted by molar-refractivity contribution is 5.95. The maximum absolute atomic E-state index is 11.5. The standard InChI is InChI=1S/C25H27N3O2/c1-4-5-16-28-24(26-23(27-28)15-10-18(2)3)17-19-11-13-20(14-12-19)21-8-6-7-9-22(21)25(29)30/h6-9,11-14,18H,10,15-17H2,1-3H3,(H,29,30). The van der Waals surface area contributed by atoms with Crippen molar-refractivity contribution in [3.8, 4) is 23.0 Å². The van der Waals surface area contributed by atoms with Crippen LogP contribution in [0, 0.1) is 17.8 Å². The highest BCUT2D eigenvalue weighted by atomic mass is 16.4. The number of benzene rings is 2. The second-order valence-electron chi connectivity index (χ2n) is 7.69. The van der Waals surface area contributed by atoms with E-state index in [9.17, 15) is 9.90 Å². The molecule has 0 aliphatic heterocycles. The molecule has 0 saturated carbocycles. The average Bonchev–Trinajstić information content (AvgIpc) is 3.12. The van der Waals surface area contributed by atoms with E-state index in [2.05, 4.69) is 30.8 Å². The highest BCUT2D eigenvalue weighted by Gasteiger charge is 2.13. The number of carbonyl (C=O) groups is 1. The van der Waals surface area contributed by atoms with Crippen LogP contribution in [0.15, 0.2) is 48.5 Å². The third-order valence-electron chi connectivity index (χ3n) is 4.93. The summed E-state index contributed by atoms with van der Waals surface area (Å²) in [5, 5.41) is 14.1. The molecule has 0 spiro atoms. The van der Waals surface area contributed by atoms with Crippen molar-refractivity contribution in [2.45, 2.75) is 46.6 Å². The van der Waals surface area contributed by atoms with Crippen molar-refractivity contribution >= 4 is 5.97 Å². The Morgan fingerprint density at radius 3 is 2.53 bits per heavy atom. The first kappa shape index (κ1) is 21.3. The minimum absolute atomic E-state index is 0.304. The van der Waals surface area contributed by atoms with Gasteiger partial charge in [-0.05, 0) is 42.0 Å². The maximum atomic E-state index is 11.5. The quantitative estimate of drug-likeness (QED) is 0.548. The molecule has 0 amide bonds. The van der Waals surface area contributed by atoms with Gasteiger partial charge in [-0.25, -0.2) is 14.5 Å². The van der Waals surface area contributed by atoms with Crippen molar-refractivity contribution in [1.82, 2.24) is 14.8 Å². The molecule has 0 bridgehead atoms. The lowest BCUT2D eigenvalue weighted by atomic mass is 9.98. The normalized spacial score (nSPS) is 10.7. The summed E-state index contributed by atoms with van der Waals surface area (Å²) in [4.78, 5) is 16.3. The molecule has 0 atom stereocenters. The number of carboxylic acids is 1. The van der Waals surface area contributed by atoms with Gasteiger partial charge in [-0.15, -0.1) is 5.92 Å². The lowest BCUT2D eigenvalue weighted by Crippen LogP contribution is -2.05. The monoisotopic (exact) mass is 401 g/mol. The lowest BCUT2D eigenvalue weighted by molar-refractivity contribution is 0.0697. The van der Waals surface area contributed by atoms with Gasteiger partial charge in [0.1, 0.15) is 12.4 Å². The molecule has 0 fully saturated rings. The van der Waals surface area contributed by atoms with E-state index in [0.717, 1.165) is 35.6 Å². The van der Waals surface area contributed by atoms with Crippen LogP contribution in [0.4, 0.5) is 0 Å². The van der Waals surface area contributed by atoms with Crippen LogP contribution in [0.1, 0.15) is 54.8 Å². The zero-order chi connectivity index (χ0) is 21.5. The van der Waals surface area contributed by atoms with Gasteiger partial charge in [0.15, 0.2) is 5.82 Å². The van der Waals surface area contributed by atoms with E-state index in [-0.39, 0.29) is 0 Å². The molecule has 1 heterocycles. The van der Waals surface area contributed by atoms with Gasteiger partial charge in [0, 0.05) is 12.8 Å². The molecule has 1 aromatic heterocycles. The first-order valence-electron chi connectivity index (χ1n) is 10.2. The Kier molecular flexibility index (Phi) is 7.03. The Hall–Kier alpha value is -3.39. The summed E-state index contributed by atoms with van der Waals surface area (Å²) in [6.07, 6.45) is 2.57. The van der Waals surface area contributed by atoms with Gasteiger partial charge < -0.3 is 5.11 Å². The first-order valence-corrected chi connectivity index (χ1v) is 10.2. The van der Waals surface area contributed by atoms with Crippen LogP contribution in [0.5, 0.6) is 0 Å². The van der Waals surface area contributed by atoms with E-state index in [1.54, 1.807) is 12.1 Å². The molecule has 0 unspecified atom stereocenters. The SMILES string of the molecule is CC#CCn1nc(CCC(C)C)nc1Cc1ccc(-c2ccccc2C(=O)O)cc1. The first-order chi connectivity index (χ1) is 14.5. The van der Waals surface area contributed by atoms with E-state index in [1.165, 1.54) is 0 Å². The minimum atomic E-state index is -0.922. The third kappa shape index (κ3) is 5.36. The zero-order valence-electron chi connectivity index (χ0n) is 17.7. The van der Waals surface area contributed by atoms with E-state index in [1.807, 2.05) is 48.0 Å². The van der Waals surface area contributed by atoms with Crippen LogP contribution in [0.25, 0.3) is 11.1 Å². The van der Waals surface area contributed by atoms with Crippen molar-refractivity contribution in [3.63, 3.8) is 0 Å². The Bertz CT molecular complexity index is 1070. The molecule has 2 aromatic carbocycles. The van der Waals surface area contributed by atoms with Crippen LogP contribution in [0.2, 0.25) is 0 Å². The molecule has 5 heteroatoms. The van der Waals surface area contributed by atoms with Gasteiger partial charge in [-0.3, -0.25) is 0 Å². The van der Waals surface area contributed by atoms with Crippen LogP contribution in [-0.2, 0) is 19.4 Å². The molecule has 154 valence electrons. The number of carboxylic acid groups (broad SMARTS) is 1. The zero-order valence-corrected chi connectivity index (χ0v) is 17.7. The largest absolute Gasteiger partial charge is 0.478 e. The summed E-state index contributed by atoms with van der Waals surface area (Å²) in [5.74, 6) is 7.44. The third-order valence-corrected chi connectivity index (χ3v) is 4.93. The molecular formula is C25H27N3O2. The smallest absolute Gasteiger partial charge is 0.336 e. The van der Waals surface area contributed by atoms with Gasteiger partial charge in [0.25, 0.3) is 0 Å². The van der Waals surface area contributed by atoms with Gasteiger partial charge in [0.05, 0.1) is 5.56 Å². The molecule has 0 saturated heterocycles. The topological polar surface area (TPSA) is 68.0 Å². The predicted molar refractivity (Wildman–Crippen MR) is 118 cm³/mol. The highest BCUT2D eigenvalue weighted by Crippen LogP contribution is 2.24. The summed E-state index contributed by atoms with van der Waals surface area (Å²) in [6, 6.07) is 15.0. The van der Waals surface area contributed by atoms with Crippen molar-refractivity contribution < 1.29 is 9.90 Å². The Morgan fingerprint density at radius 1 is 1.13 bits per heavy atom. The molecule has 5 nitrogen and oxygen atoms in total. The number of aromatic nitrogens is 3. The van der Waals surface area contributed by atoms with E-state index in [0.29, 0.717) is 30.0 Å². The molecule has 0 aliphatic rings. The van der Waals surface area contributed by atoms with Crippen LogP contribution in [-0.4, -0.2) is 25.8 Å². The summed E-state index contributed by atoms with van der Waals surface area (Å²) in [7, 11) is 0. The lowest BCUT2D eigenvalue weighted by Gasteiger charge is -2.08. The second-order valence-corrected chi connectivity index (χ2v) is 7.69. The number of hydrogen-bond donors (Lipinski definition) is 1. The number of hydrogen-bond acceptors (Lipinski definition) is 3. The van der Waals surface area contributed by atoms with Crippen LogP contribution < -0.4 is 0 Å². The van der Waals surface area contributed by atoms with Crippen molar-refractivity contribution in [2.24, 2.45) is 5.92 Å². The number of rotatable bonds is 8. The van der Waals surface area contributed by atoms with Gasteiger partial charge in [-0.2, -0.15) is 5.10 Å². The van der Waals surface area contributed by atoms with E-state index < -0.39 is 5.97 Å². The fourth-order valence-electron chi connectivity index (χ4n) is 3.27. The molecule has 30 heavy (non-hydrogen) atoms. The molecule has 0 radical (unpaired) electrons. The van der Waals surface area contributed by atoms with Gasteiger partial charge >= 0.3 is 5.97 Å². The Labute approximate surface area is 177 Å². The minimum Gasteiger partial charge on any atom is -0.478 e. The number of aryl methyl sites for hydroxylation is 1. The maximum Gasteiger partial charge on any atom is 0.336 e. The van der Waals surface area contributed by atoms with Crippen molar-refractivity contribution in [1.29, 1.82) is 0 Å². The second kappa shape index (κ2) is 9.89. The molecule has 3 aromatic rings. The Balaban J connectivity index is 1.82. The van der Waals surface area contributed by atoms with Crippen molar-refractivity contribution in [2.75, 3.05) is 0 Å². The average molecular weight is 402 g/mol. The van der Waals surface area contributed by atoms with Gasteiger partial charge in [-0.1, -0.05) is 62.2 Å². The summed E-state index contributed by atoms with van der Waals surface area (Å²) in [6.45, 7) is 6.75. The molecular weight excluding hydrogens is 374 g/mol. The Morgan fingerprint density at radius 2 is 1.87 bits per heavy atom. The van der Waals surface area contributed by atoms with Crippen molar-refractivity contribution in [3.05, 3.63) is 71.3 Å². The fourth-order valence-corrected chi connectivity index (χ4v) is 3.27. The molecule has 1 N–H and O–H groups in total. The molecule has 3 rings (SSSR count). The van der Waals surface area contributed by atoms with Crippen LogP contribution >= 0.6 is 0 Å². The molecule has 0 aliphatic carbocycles. The van der Waals surface area contributed by atoms with E-state index >= 15 is 0 Å². The summed E-state index contributed by atoms with van der Waals surface area (Å²) in [5.41, 5.74) is 3.00. The van der Waals surface area contributed by atoms with E-state index in [4.69, 9.17) is 4.98 Å². The van der Waals surface area contributed by atoms with Gasteiger partial charge in [0.2, 0.25) is 0 Å². The fraction of sp³-hybridized carbons (Fsp3) is 0.320. The summed E-state index contributed by atoms with van der Waals surface area (Å²) < 4.78 is 1.89. The van der Waals surface area contributed by atoms with Crippen LogP contribution in [0.3, 0.4) is 0 Å². The summed E-state index contributed by atoms with van der Waals surface area (Å²) >= 11 is 0. The number of aromatic carboxylic acids is 1. The number of nitrogens with zero attached hydrogens (tertiary/aromatic N) is 3.